The highest BCUT2D eigenvalue weighted by atomic mass is 16.5. The Morgan fingerprint density at radius 3 is 2.38 bits per heavy atom. The lowest BCUT2D eigenvalue weighted by Gasteiger charge is -2.27. The van der Waals surface area contributed by atoms with Gasteiger partial charge in [-0.05, 0) is 28.0 Å². The first kappa shape index (κ1) is 19.5. The smallest absolute Gasteiger partial charge is 0.286 e. The molecule has 2 N–H and O–H groups in total. The molecule has 26 heavy (non-hydrogen) atoms. The minimum absolute atomic E-state index is 0.0194. The summed E-state index contributed by atoms with van der Waals surface area (Å²) in [4.78, 5) is 12.3. The molecule has 2 rings (SSSR count). The van der Waals surface area contributed by atoms with Gasteiger partial charge in [-0.25, -0.2) is 0 Å². The lowest BCUT2D eigenvalue weighted by Crippen LogP contribution is -2.24. The average Bonchev–Trinajstić information content (AvgIpc) is 2.91. The number of aromatic nitrogens is 2. The summed E-state index contributed by atoms with van der Waals surface area (Å²) in [5, 5.41) is 12.8. The summed E-state index contributed by atoms with van der Waals surface area (Å²) >= 11 is 0. The number of carbonyl (C=O) groups excluding carboxylic acids is 1. The molecule has 0 aliphatic rings. The number of nitrogens with zero attached hydrogens (tertiary/aromatic N) is 3. The summed E-state index contributed by atoms with van der Waals surface area (Å²) in [5.74, 6) is 0.258. The second kappa shape index (κ2) is 6.83. The average molecular weight is 354 g/mol. The molecule has 0 saturated heterocycles. The van der Waals surface area contributed by atoms with Crippen LogP contribution in [0.5, 0.6) is 5.75 Å². The molecule has 138 valence electrons. The van der Waals surface area contributed by atoms with Crippen molar-refractivity contribution < 1.29 is 9.53 Å². The van der Waals surface area contributed by atoms with Crippen LogP contribution in [0.4, 0.5) is 5.82 Å². The third-order valence-electron chi connectivity index (χ3n) is 4.17. The van der Waals surface area contributed by atoms with E-state index < -0.39 is 5.91 Å². The lowest BCUT2D eigenvalue weighted by atomic mass is 9.80. The molecule has 0 amide bonds. The molecule has 0 bridgehead atoms. The molecule has 2 aromatic rings. The van der Waals surface area contributed by atoms with E-state index in [1.165, 1.54) is 11.8 Å². The maximum absolute atomic E-state index is 12.3. The highest BCUT2D eigenvalue weighted by Gasteiger charge is 2.24. The van der Waals surface area contributed by atoms with Gasteiger partial charge in [0.25, 0.3) is 5.91 Å². The van der Waals surface area contributed by atoms with Gasteiger partial charge in [0.2, 0.25) is 0 Å². The number of nitrogen functional groups attached to an aromatic ring is 1. The van der Waals surface area contributed by atoms with Crippen molar-refractivity contribution in [3.05, 3.63) is 41.1 Å². The van der Waals surface area contributed by atoms with Crippen LogP contribution in [0.1, 0.15) is 63.0 Å². The fourth-order valence-electron chi connectivity index (χ4n) is 2.55. The third kappa shape index (κ3) is 4.05. The fraction of sp³-hybridized carbons (Fsp3) is 0.450. The Labute approximate surface area is 154 Å². The van der Waals surface area contributed by atoms with E-state index >= 15 is 0 Å². The number of rotatable bonds is 3. The molecule has 1 aromatic carbocycles. The van der Waals surface area contributed by atoms with Crippen molar-refractivity contribution in [3.8, 4) is 11.8 Å². The second-order valence-corrected chi connectivity index (χ2v) is 8.36. The molecule has 0 radical (unpaired) electrons. The van der Waals surface area contributed by atoms with Gasteiger partial charge in [-0.3, -0.25) is 4.79 Å². The third-order valence-corrected chi connectivity index (χ3v) is 4.17. The Morgan fingerprint density at radius 2 is 1.88 bits per heavy atom. The Balaban J connectivity index is 2.27. The molecule has 0 atom stereocenters. The zero-order chi connectivity index (χ0) is 19.7. The van der Waals surface area contributed by atoms with E-state index in [4.69, 9.17) is 15.7 Å². The van der Waals surface area contributed by atoms with Crippen LogP contribution in [-0.2, 0) is 10.8 Å². The summed E-state index contributed by atoms with van der Waals surface area (Å²) < 4.78 is 6.80. The molecule has 6 heteroatoms. The van der Waals surface area contributed by atoms with E-state index in [-0.39, 0.29) is 28.8 Å². The predicted octanol–water partition coefficient (Wildman–Crippen LogP) is 3.65. The molecule has 0 fully saturated rings. The number of anilines is 1. The SMILES string of the molecule is CC(C)(C)c1ccc(OCC(=O)n2ncc(C#N)c2N)c(C(C)(C)C)c1. The van der Waals surface area contributed by atoms with Gasteiger partial charge in [-0.15, -0.1) is 0 Å². The normalized spacial score (nSPS) is 11.9. The number of nitrogens with two attached hydrogens (primary N) is 1. The van der Waals surface area contributed by atoms with Gasteiger partial charge in [0, 0.05) is 0 Å². The first-order chi connectivity index (χ1) is 11.9. The van der Waals surface area contributed by atoms with Crippen molar-refractivity contribution in [2.45, 2.75) is 52.4 Å². The Kier molecular flexibility index (Phi) is 5.13. The van der Waals surface area contributed by atoms with Crippen LogP contribution in [0, 0.1) is 11.3 Å². The van der Waals surface area contributed by atoms with E-state index in [1.807, 2.05) is 18.2 Å². The van der Waals surface area contributed by atoms with Gasteiger partial charge >= 0.3 is 0 Å². The van der Waals surface area contributed by atoms with Crippen LogP contribution in [0.2, 0.25) is 0 Å². The zero-order valence-corrected chi connectivity index (χ0v) is 16.3. The Morgan fingerprint density at radius 1 is 1.23 bits per heavy atom. The highest BCUT2D eigenvalue weighted by Crippen LogP contribution is 2.35. The molecular formula is C20H26N4O2. The van der Waals surface area contributed by atoms with Crippen LogP contribution >= 0.6 is 0 Å². The van der Waals surface area contributed by atoms with Crippen molar-refractivity contribution in [1.29, 1.82) is 5.26 Å². The molecule has 1 aromatic heterocycles. The maximum Gasteiger partial charge on any atom is 0.286 e. The Hall–Kier alpha value is -2.81. The van der Waals surface area contributed by atoms with Crippen LogP contribution in [0.15, 0.2) is 24.4 Å². The topological polar surface area (TPSA) is 93.9 Å². The van der Waals surface area contributed by atoms with E-state index in [1.54, 1.807) is 0 Å². The van der Waals surface area contributed by atoms with E-state index in [2.05, 4.69) is 52.7 Å². The first-order valence-electron chi connectivity index (χ1n) is 8.49. The maximum atomic E-state index is 12.3. The van der Waals surface area contributed by atoms with Crippen molar-refractivity contribution in [2.75, 3.05) is 12.3 Å². The quantitative estimate of drug-likeness (QED) is 0.908. The number of nitriles is 1. The highest BCUT2D eigenvalue weighted by molar-refractivity contribution is 5.83. The van der Waals surface area contributed by atoms with E-state index in [9.17, 15) is 4.79 Å². The molecule has 1 heterocycles. The van der Waals surface area contributed by atoms with E-state index in [0.717, 1.165) is 10.2 Å². The van der Waals surface area contributed by atoms with Crippen molar-refractivity contribution >= 4 is 11.7 Å². The molecule has 0 aliphatic heterocycles. The second-order valence-electron chi connectivity index (χ2n) is 8.36. The summed E-state index contributed by atoms with van der Waals surface area (Å²) in [6, 6.07) is 7.95. The van der Waals surface area contributed by atoms with Crippen LogP contribution in [0.3, 0.4) is 0 Å². The number of benzene rings is 1. The van der Waals surface area contributed by atoms with E-state index in [0.29, 0.717) is 5.75 Å². The zero-order valence-electron chi connectivity index (χ0n) is 16.3. The summed E-state index contributed by atoms with van der Waals surface area (Å²) in [5.41, 5.74) is 8.04. The summed E-state index contributed by atoms with van der Waals surface area (Å²) in [6.07, 6.45) is 1.27. The standard InChI is InChI=1S/C20H26N4O2/c1-19(2,3)14-7-8-16(15(9-14)20(4,5)6)26-12-17(25)24-18(22)13(10-21)11-23-24/h7-9,11H,12,22H2,1-6H3. The minimum Gasteiger partial charge on any atom is -0.483 e. The van der Waals surface area contributed by atoms with Gasteiger partial charge in [0.05, 0.1) is 6.20 Å². The summed E-state index contributed by atoms with van der Waals surface area (Å²) in [6.45, 7) is 12.6. The molecule has 6 nitrogen and oxygen atoms in total. The largest absolute Gasteiger partial charge is 0.483 e. The predicted molar refractivity (Wildman–Crippen MR) is 101 cm³/mol. The van der Waals surface area contributed by atoms with Crippen LogP contribution in [0.25, 0.3) is 0 Å². The van der Waals surface area contributed by atoms with Crippen LogP contribution in [-0.4, -0.2) is 22.3 Å². The first-order valence-corrected chi connectivity index (χ1v) is 8.49. The molecule has 0 unspecified atom stereocenters. The Bertz CT molecular complexity index is 861. The number of carbonyl (C=O) groups is 1. The van der Waals surface area contributed by atoms with Gasteiger partial charge in [0.1, 0.15) is 23.2 Å². The van der Waals surface area contributed by atoms with Gasteiger partial charge in [0.15, 0.2) is 6.61 Å². The van der Waals surface area contributed by atoms with Crippen molar-refractivity contribution in [3.63, 3.8) is 0 Å². The van der Waals surface area contributed by atoms with Crippen molar-refractivity contribution in [2.24, 2.45) is 0 Å². The monoisotopic (exact) mass is 354 g/mol. The fourth-order valence-corrected chi connectivity index (χ4v) is 2.55. The molecule has 0 saturated carbocycles. The molecule has 0 aliphatic carbocycles. The minimum atomic E-state index is -0.427. The lowest BCUT2D eigenvalue weighted by molar-refractivity contribution is 0.0822. The molecule has 0 spiro atoms. The van der Waals surface area contributed by atoms with Gasteiger partial charge in [-0.1, -0.05) is 53.7 Å². The number of ether oxygens (including phenoxy) is 1. The van der Waals surface area contributed by atoms with Gasteiger partial charge in [-0.2, -0.15) is 15.0 Å². The summed E-state index contributed by atoms with van der Waals surface area (Å²) in [7, 11) is 0. The number of hydrogen-bond donors (Lipinski definition) is 1. The van der Waals surface area contributed by atoms with Gasteiger partial charge < -0.3 is 10.5 Å². The van der Waals surface area contributed by atoms with Crippen LogP contribution < -0.4 is 10.5 Å². The number of hydrogen-bond acceptors (Lipinski definition) is 5. The van der Waals surface area contributed by atoms with Crippen molar-refractivity contribution in [1.82, 2.24) is 9.78 Å². The molecular weight excluding hydrogens is 328 g/mol.